The van der Waals surface area contributed by atoms with Crippen LogP contribution in [0.25, 0.3) is 10.4 Å². The van der Waals surface area contributed by atoms with Gasteiger partial charge < -0.3 is 0 Å². The fraction of sp³-hybridized carbons (Fsp3) is 1.00. The van der Waals surface area contributed by atoms with E-state index in [1.165, 1.54) is 25.7 Å². The average Bonchev–Trinajstić information content (AvgIpc) is 1.99. The first-order valence-corrected chi connectivity index (χ1v) is 4.65. The van der Waals surface area contributed by atoms with Gasteiger partial charge in [-0.05, 0) is 29.7 Å². The van der Waals surface area contributed by atoms with Gasteiger partial charge in [0.2, 0.25) is 0 Å². The molecule has 1 aliphatic carbocycles. The van der Waals surface area contributed by atoms with Crippen LogP contribution < -0.4 is 0 Å². The van der Waals surface area contributed by atoms with E-state index < -0.39 is 0 Å². The first-order valence-electron chi connectivity index (χ1n) is 4.65. The molecular formula is C9H17N3. The topological polar surface area (TPSA) is 48.8 Å². The number of nitrogens with zero attached hydrogens (tertiary/aromatic N) is 3. The van der Waals surface area contributed by atoms with E-state index in [0.29, 0.717) is 17.9 Å². The lowest BCUT2D eigenvalue weighted by molar-refractivity contribution is 0.184. The SMILES string of the molecule is CC1(C)CCCC(CN=[N+]=[N-])C1. The summed E-state index contributed by atoms with van der Waals surface area (Å²) in [5.74, 6) is 0.629. The van der Waals surface area contributed by atoms with Crippen molar-refractivity contribution in [2.75, 3.05) is 6.54 Å². The lowest BCUT2D eigenvalue weighted by Crippen LogP contribution is -2.23. The fourth-order valence-electron chi connectivity index (χ4n) is 2.16. The summed E-state index contributed by atoms with van der Waals surface area (Å²) < 4.78 is 0. The molecular weight excluding hydrogens is 150 g/mol. The smallest absolute Gasteiger partial charge is 0.0286 e. The molecule has 0 amide bonds. The number of hydrogen-bond acceptors (Lipinski definition) is 1. The van der Waals surface area contributed by atoms with Crippen molar-refractivity contribution in [3.8, 4) is 0 Å². The molecule has 0 bridgehead atoms. The third-order valence-electron chi connectivity index (χ3n) is 2.71. The normalized spacial score (nSPS) is 27.7. The molecule has 0 aromatic rings. The molecule has 0 radical (unpaired) electrons. The Kier molecular flexibility index (Phi) is 2.99. The number of azide groups is 1. The van der Waals surface area contributed by atoms with Gasteiger partial charge in [-0.3, -0.25) is 0 Å². The van der Waals surface area contributed by atoms with Crippen molar-refractivity contribution in [3.63, 3.8) is 0 Å². The Morgan fingerprint density at radius 2 is 2.33 bits per heavy atom. The minimum atomic E-state index is 0.466. The minimum Gasteiger partial charge on any atom is -0.0937 e. The van der Waals surface area contributed by atoms with Gasteiger partial charge in [0.15, 0.2) is 0 Å². The predicted molar refractivity (Wildman–Crippen MR) is 49.8 cm³/mol. The van der Waals surface area contributed by atoms with E-state index >= 15 is 0 Å². The van der Waals surface area contributed by atoms with Crippen LogP contribution in [0, 0.1) is 11.3 Å². The minimum absolute atomic E-state index is 0.466. The molecule has 3 heteroatoms. The summed E-state index contributed by atoms with van der Waals surface area (Å²) in [4.78, 5) is 2.80. The second-order valence-electron chi connectivity index (χ2n) is 4.54. The summed E-state index contributed by atoms with van der Waals surface area (Å²) >= 11 is 0. The maximum atomic E-state index is 8.19. The van der Waals surface area contributed by atoms with Gasteiger partial charge in [-0.2, -0.15) is 0 Å². The lowest BCUT2D eigenvalue weighted by Gasteiger charge is -2.34. The van der Waals surface area contributed by atoms with E-state index in [4.69, 9.17) is 5.53 Å². The Morgan fingerprint density at radius 1 is 1.58 bits per heavy atom. The van der Waals surface area contributed by atoms with Crippen LogP contribution in [0.4, 0.5) is 0 Å². The van der Waals surface area contributed by atoms with E-state index in [-0.39, 0.29) is 0 Å². The third kappa shape index (κ3) is 2.74. The zero-order valence-corrected chi connectivity index (χ0v) is 7.95. The van der Waals surface area contributed by atoms with E-state index in [0.717, 1.165) is 0 Å². The molecule has 1 atom stereocenters. The standard InChI is InChI=1S/C9H17N3/c1-9(2)5-3-4-8(6-9)7-11-12-10/h8H,3-7H2,1-2H3. The van der Waals surface area contributed by atoms with Crippen molar-refractivity contribution < 1.29 is 0 Å². The highest BCUT2D eigenvalue weighted by molar-refractivity contribution is 4.80. The summed E-state index contributed by atoms with van der Waals surface area (Å²) in [6.07, 6.45) is 5.06. The molecule has 1 rings (SSSR count). The molecule has 1 saturated carbocycles. The van der Waals surface area contributed by atoms with Crippen molar-refractivity contribution in [3.05, 3.63) is 10.4 Å². The maximum Gasteiger partial charge on any atom is 0.0286 e. The van der Waals surface area contributed by atoms with Crippen LogP contribution >= 0.6 is 0 Å². The van der Waals surface area contributed by atoms with Gasteiger partial charge in [0.1, 0.15) is 0 Å². The van der Waals surface area contributed by atoms with Crippen LogP contribution in [0.3, 0.4) is 0 Å². The highest BCUT2D eigenvalue weighted by Gasteiger charge is 2.27. The van der Waals surface area contributed by atoms with Crippen molar-refractivity contribution in [2.24, 2.45) is 16.4 Å². The Labute approximate surface area is 73.8 Å². The van der Waals surface area contributed by atoms with Crippen LogP contribution in [0.1, 0.15) is 39.5 Å². The summed E-state index contributed by atoms with van der Waals surface area (Å²) in [7, 11) is 0. The molecule has 1 fully saturated rings. The van der Waals surface area contributed by atoms with Crippen molar-refractivity contribution in [2.45, 2.75) is 39.5 Å². The van der Waals surface area contributed by atoms with E-state index in [1.54, 1.807) is 0 Å². The van der Waals surface area contributed by atoms with Gasteiger partial charge in [-0.25, -0.2) is 0 Å². The van der Waals surface area contributed by atoms with Gasteiger partial charge in [0.05, 0.1) is 0 Å². The molecule has 0 aromatic carbocycles. The maximum absolute atomic E-state index is 8.19. The Morgan fingerprint density at radius 3 is 2.92 bits per heavy atom. The molecule has 0 spiro atoms. The van der Waals surface area contributed by atoms with Gasteiger partial charge in [0, 0.05) is 11.5 Å². The summed E-state index contributed by atoms with van der Waals surface area (Å²) in [5.41, 5.74) is 8.65. The molecule has 0 aliphatic heterocycles. The summed E-state index contributed by atoms with van der Waals surface area (Å²) in [5, 5.41) is 3.64. The quantitative estimate of drug-likeness (QED) is 0.343. The van der Waals surface area contributed by atoms with E-state index in [9.17, 15) is 0 Å². The Hall–Kier alpha value is -0.690. The van der Waals surface area contributed by atoms with Crippen LogP contribution in [-0.4, -0.2) is 6.54 Å². The monoisotopic (exact) mass is 167 g/mol. The largest absolute Gasteiger partial charge is 0.0937 e. The number of hydrogen-bond donors (Lipinski definition) is 0. The highest BCUT2D eigenvalue weighted by Crippen LogP contribution is 2.38. The van der Waals surface area contributed by atoms with Gasteiger partial charge in [-0.15, -0.1) is 0 Å². The van der Waals surface area contributed by atoms with Crippen molar-refractivity contribution in [1.29, 1.82) is 0 Å². The first-order chi connectivity index (χ1) is 5.64. The van der Waals surface area contributed by atoms with Crippen LogP contribution in [-0.2, 0) is 0 Å². The van der Waals surface area contributed by atoms with Crippen LogP contribution in [0.5, 0.6) is 0 Å². The predicted octanol–water partition coefficient (Wildman–Crippen LogP) is 3.51. The molecule has 0 heterocycles. The average molecular weight is 167 g/mol. The van der Waals surface area contributed by atoms with Crippen LogP contribution in [0.2, 0.25) is 0 Å². The second-order valence-corrected chi connectivity index (χ2v) is 4.54. The Bertz CT molecular complexity index is 192. The highest BCUT2D eigenvalue weighted by atomic mass is 15.1. The molecule has 3 nitrogen and oxygen atoms in total. The summed E-state index contributed by atoms with van der Waals surface area (Å²) in [6.45, 7) is 5.30. The first kappa shape index (κ1) is 9.40. The van der Waals surface area contributed by atoms with E-state index in [1.807, 2.05) is 0 Å². The summed E-state index contributed by atoms with van der Waals surface area (Å²) in [6, 6.07) is 0. The van der Waals surface area contributed by atoms with Gasteiger partial charge in [0.25, 0.3) is 0 Å². The third-order valence-corrected chi connectivity index (χ3v) is 2.71. The zero-order chi connectivity index (χ0) is 9.03. The van der Waals surface area contributed by atoms with E-state index in [2.05, 4.69) is 23.9 Å². The fourth-order valence-corrected chi connectivity index (χ4v) is 2.16. The van der Waals surface area contributed by atoms with Crippen molar-refractivity contribution in [1.82, 2.24) is 0 Å². The molecule has 1 aliphatic rings. The molecule has 12 heavy (non-hydrogen) atoms. The Balaban J connectivity index is 2.41. The van der Waals surface area contributed by atoms with Gasteiger partial charge in [-0.1, -0.05) is 31.8 Å². The molecule has 0 aromatic heterocycles. The molecule has 0 saturated heterocycles. The molecule has 1 unspecified atom stereocenters. The second kappa shape index (κ2) is 3.81. The van der Waals surface area contributed by atoms with Crippen molar-refractivity contribution >= 4 is 0 Å². The van der Waals surface area contributed by atoms with Crippen LogP contribution in [0.15, 0.2) is 5.11 Å². The number of rotatable bonds is 2. The molecule has 68 valence electrons. The lowest BCUT2D eigenvalue weighted by atomic mass is 9.72. The molecule has 0 N–H and O–H groups in total. The zero-order valence-electron chi connectivity index (χ0n) is 7.95. The van der Waals surface area contributed by atoms with Gasteiger partial charge >= 0.3 is 0 Å².